The molecule has 100 valence electrons. The van der Waals surface area contributed by atoms with Crippen molar-refractivity contribution in [2.75, 3.05) is 7.05 Å². The lowest BCUT2D eigenvalue weighted by molar-refractivity contribution is 0.592. The van der Waals surface area contributed by atoms with Crippen LogP contribution in [-0.2, 0) is 6.42 Å². The van der Waals surface area contributed by atoms with Gasteiger partial charge in [0.05, 0.1) is 0 Å². The van der Waals surface area contributed by atoms with Gasteiger partial charge in [0, 0.05) is 26.7 Å². The fourth-order valence-electron chi connectivity index (χ4n) is 2.05. The Balaban J connectivity index is 2.27. The van der Waals surface area contributed by atoms with Gasteiger partial charge in [-0.05, 0) is 43.3 Å². The Hall–Kier alpha value is -0.730. The van der Waals surface area contributed by atoms with Gasteiger partial charge in [-0.25, -0.2) is 0 Å². The first kappa shape index (κ1) is 14.7. The minimum absolute atomic E-state index is 0.0716. The summed E-state index contributed by atoms with van der Waals surface area (Å²) in [6, 6.07) is 13.4. The molecule has 2 aromatic rings. The highest BCUT2D eigenvalue weighted by atomic mass is 35.5. The molecular weight excluding hydrogens is 301 g/mol. The Kier molecular flexibility index (Phi) is 5.12. The molecule has 0 aliphatic carbocycles. The van der Waals surface area contributed by atoms with Crippen LogP contribution in [0.1, 0.15) is 17.2 Å². The number of nitrogens with one attached hydrogen (secondary N) is 1. The van der Waals surface area contributed by atoms with Gasteiger partial charge in [0.15, 0.2) is 0 Å². The third kappa shape index (κ3) is 3.64. The van der Waals surface area contributed by atoms with Crippen LogP contribution in [-0.4, -0.2) is 7.05 Å². The zero-order valence-electron chi connectivity index (χ0n) is 10.5. The molecule has 0 heterocycles. The van der Waals surface area contributed by atoms with Gasteiger partial charge in [-0.1, -0.05) is 53.0 Å². The Labute approximate surface area is 128 Å². The van der Waals surface area contributed by atoms with Crippen molar-refractivity contribution in [1.82, 2.24) is 5.32 Å². The van der Waals surface area contributed by atoms with E-state index in [0.29, 0.717) is 10.0 Å². The average molecular weight is 315 g/mol. The SMILES string of the molecule is CNC(Cc1ccc(Cl)cc1)c1c(Cl)cccc1Cl. The Morgan fingerprint density at radius 2 is 1.53 bits per heavy atom. The van der Waals surface area contributed by atoms with Gasteiger partial charge in [0.2, 0.25) is 0 Å². The Morgan fingerprint density at radius 3 is 2.05 bits per heavy atom. The summed E-state index contributed by atoms with van der Waals surface area (Å²) >= 11 is 18.4. The highest BCUT2D eigenvalue weighted by Crippen LogP contribution is 2.32. The molecule has 19 heavy (non-hydrogen) atoms. The number of halogens is 3. The minimum atomic E-state index is 0.0716. The number of rotatable bonds is 4. The van der Waals surface area contributed by atoms with E-state index >= 15 is 0 Å². The number of benzene rings is 2. The second-order valence-electron chi connectivity index (χ2n) is 4.31. The third-order valence-corrected chi connectivity index (χ3v) is 3.96. The molecule has 1 N–H and O–H groups in total. The van der Waals surface area contributed by atoms with Gasteiger partial charge < -0.3 is 5.32 Å². The molecule has 0 amide bonds. The second kappa shape index (κ2) is 6.62. The number of hydrogen-bond acceptors (Lipinski definition) is 1. The summed E-state index contributed by atoms with van der Waals surface area (Å²) in [5, 5.41) is 5.36. The van der Waals surface area contributed by atoms with Crippen molar-refractivity contribution in [3.63, 3.8) is 0 Å². The standard InChI is InChI=1S/C15H14Cl3N/c1-19-14(9-10-5-7-11(16)8-6-10)15-12(17)3-2-4-13(15)18/h2-8,14,19H,9H2,1H3. The van der Waals surface area contributed by atoms with Crippen LogP contribution in [0.4, 0.5) is 0 Å². The van der Waals surface area contributed by atoms with Gasteiger partial charge in [0.25, 0.3) is 0 Å². The van der Waals surface area contributed by atoms with E-state index in [1.807, 2.05) is 49.5 Å². The highest BCUT2D eigenvalue weighted by molar-refractivity contribution is 6.36. The summed E-state index contributed by atoms with van der Waals surface area (Å²) in [5.41, 5.74) is 2.11. The maximum absolute atomic E-state index is 6.25. The molecule has 4 heteroatoms. The molecule has 0 saturated heterocycles. The molecule has 0 aliphatic heterocycles. The largest absolute Gasteiger partial charge is 0.313 e. The molecule has 0 aromatic heterocycles. The van der Waals surface area contributed by atoms with E-state index in [1.54, 1.807) is 0 Å². The van der Waals surface area contributed by atoms with E-state index in [9.17, 15) is 0 Å². The van der Waals surface area contributed by atoms with Crippen molar-refractivity contribution in [3.05, 3.63) is 68.7 Å². The fourth-order valence-corrected chi connectivity index (χ4v) is 2.84. The van der Waals surface area contributed by atoms with E-state index in [4.69, 9.17) is 34.8 Å². The fraction of sp³-hybridized carbons (Fsp3) is 0.200. The zero-order valence-corrected chi connectivity index (χ0v) is 12.7. The van der Waals surface area contributed by atoms with Crippen LogP contribution in [0.3, 0.4) is 0 Å². The zero-order chi connectivity index (χ0) is 13.8. The molecule has 0 aliphatic rings. The molecule has 0 saturated carbocycles. The van der Waals surface area contributed by atoms with Gasteiger partial charge in [-0.2, -0.15) is 0 Å². The maximum atomic E-state index is 6.25. The number of hydrogen-bond donors (Lipinski definition) is 1. The lowest BCUT2D eigenvalue weighted by atomic mass is 9.99. The first-order valence-electron chi connectivity index (χ1n) is 5.97. The van der Waals surface area contributed by atoms with Crippen LogP contribution in [0.25, 0.3) is 0 Å². The smallest absolute Gasteiger partial charge is 0.0468 e. The third-order valence-electron chi connectivity index (χ3n) is 3.05. The van der Waals surface area contributed by atoms with E-state index in [-0.39, 0.29) is 6.04 Å². The quantitative estimate of drug-likeness (QED) is 0.823. The van der Waals surface area contributed by atoms with Crippen LogP contribution in [0.15, 0.2) is 42.5 Å². The molecule has 1 nitrogen and oxygen atoms in total. The minimum Gasteiger partial charge on any atom is -0.313 e. The van der Waals surface area contributed by atoms with Crippen molar-refractivity contribution in [2.24, 2.45) is 0 Å². The summed E-state index contributed by atoms with van der Waals surface area (Å²) < 4.78 is 0. The van der Waals surface area contributed by atoms with Crippen LogP contribution in [0, 0.1) is 0 Å². The second-order valence-corrected chi connectivity index (χ2v) is 5.56. The first-order chi connectivity index (χ1) is 9.11. The molecule has 2 rings (SSSR count). The molecule has 0 radical (unpaired) electrons. The van der Waals surface area contributed by atoms with E-state index in [1.165, 1.54) is 5.56 Å². The Morgan fingerprint density at radius 1 is 0.947 bits per heavy atom. The summed E-state index contributed by atoms with van der Waals surface area (Å²) in [7, 11) is 1.90. The van der Waals surface area contributed by atoms with Crippen molar-refractivity contribution in [1.29, 1.82) is 0 Å². The molecule has 1 unspecified atom stereocenters. The number of likely N-dealkylation sites (N-methyl/N-ethyl adjacent to an activating group) is 1. The Bertz CT molecular complexity index is 532. The van der Waals surface area contributed by atoms with Crippen LogP contribution >= 0.6 is 34.8 Å². The van der Waals surface area contributed by atoms with Crippen molar-refractivity contribution < 1.29 is 0 Å². The van der Waals surface area contributed by atoms with Gasteiger partial charge in [-0.3, -0.25) is 0 Å². The predicted octanol–water partition coefficient (Wildman–Crippen LogP) is 5.15. The summed E-state index contributed by atoms with van der Waals surface area (Å²) in [6.07, 6.45) is 0.803. The molecule has 0 bridgehead atoms. The average Bonchev–Trinajstić information content (AvgIpc) is 2.39. The summed E-state index contributed by atoms with van der Waals surface area (Å²) in [6.45, 7) is 0. The highest BCUT2D eigenvalue weighted by Gasteiger charge is 2.16. The first-order valence-corrected chi connectivity index (χ1v) is 7.11. The van der Waals surface area contributed by atoms with Crippen molar-refractivity contribution in [3.8, 4) is 0 Å². The summed E-state index contributed by atoms with van der Waals surface area (Å²) in [4.78, 5) is 0. The predicted molar refractivity (Wildman–Crippen MR) is 83.4 cm³/mol. The normalized spacial score (nSPS) is 12.4. The monoisotopic (exact) mass is 313 g/mol. The van der Waals surface area contributed by atoms with E-state index < -0.39 is 0 Å². The van der Waals surface area contributed by atoms with Crippen LogP contribution in [0.5, 0.6) is 0 Å². The topological polar surface area (TPSA) is 12.0 Å². The van der Waals surface area contributed by atoms with Crippen LogP contribution < -0.4 is 5.32 Å². The van der Waals surface area contributed by atoms with Gasteiger partial charge >= 0.3 is 0 Å². The molecular formula is C15H14Cl3N. The summed E-state index contributed by atoms with van der Waals surface area (Å²) in [5.74, 6) is 0. The van der Waals surface area contributed by atoms with Gasteiger partial charge in [-0.15, -0.1) is 0 Å². The lowest BCUT2D eigenvalue weighted by Crippen LogP contribution is -2.19. The lowest BCUT2D eigenvalue weighted by Gasteiger charge is -2.19. The molecule has 0 spiro atoms. The van der Waals surface area contributed by atoms with Crippen LogP contribution in [0.2, 0.25) is 15.1 Å². The van der Waals surface area contributed by atoms with E-state index in [0.717, 1.165) is 17.0 Å². The molecule has 2 aromatic carbocycles. The maximum Gasteiger partial charge on any atom is 0.0468 e. The van der Waals surface area contributed by atoms with Crippen molar-refractivity contribution >= 4 is 34.8 Å². The van der Waals surface area contributed by atoms with Gasteiger partial charge in [0.1, 0.15) is 0 Å². The van der Waals surface area contributed by atoms with Crippen molar-refractivity contribution in [2.45, 2.75) is 12.5 Å². The van der Waals surface area contributed by atoms with E-state index in [2.05, 4.69) is 5.32 Å². The molecule has 1 atom stereocenters. The molecule has 0 fully saturated rings.